The second-order valence-corrected chi connectivity index (χ2v) is 4.22. The zero-order valence-corrected chi connectivity index (χ0v) is 9.24. The van der Waals surface area contributed by atoms with Crippen LogP contribution < -0.4 is 5.32 Å². The lowest BCUT2D eigenvalue weighted by molar-refractivity contribution is 0.0755. The Morgan fingerprint density at radius 2 is 2.06 bits per heavy atom. The molecule has 0 bridgehead atoms. The van der Waals surface area contributed by atoms with Gasteiger partial charge in [0, 0.05) is 38.2 Å². The van der Waals surface area contributed by atoms with Gasteiger partial charge >= 0.3 is 0 Å². The van der Waals surface area contributed by atoms with Crippen molar-refractivity contribution in [2.75, 3.05) is 26.7 Å². The maximum Gasteiger partial charge on any atom is 0.253 e. The number of rotatable bonds is 3. The molecule has 1 N–H and O–H groups in total. The van der Waals surface area contributed by atoms with E-state index in [-0.39, 0.29) is 11.7 Å². The minimum Gasteiger partial charge on any atom is -0.341 e. The van der Waals surface area contributed by atoms with E-state index in [1.54, 1.807) is 11.9 Å². The van der Waals surface area contributed by atoms with Gasteiger partial charge in [-0.15, -0.1) is 0 Å². The van der Waals surface area contributed by atoms with Crippen molar-refractivity contribution in [2.24, 2.45) is 5.92 Å². The zero-order chi connectivity index (χ0) is 11.5. The van der Waals surface area contributed by atoms with Crippen molar-refractivity contribution < 1.29 is 9.18 Å². The fourth-order valence-electron chi connectivity index (χ4n) is 1.76. The summed E-state index contributed by atoms with van der Waals surface area (Å²) in [6.07, 6.45) is 0. The summed E-state index contributed by atoms with van der Waals surface area (Å²) in [7, 11) is 1.78. The Morgan fingerprint density at radius 3 is 2.56 bits per heavy atom. The number of nitrogens with zero attached hydrogens (tertiary/aromatic N) is 1. The molecule has 1 amide bonds. The van der Waals surface area contributed by atoms with Gasteiger partial charge in [0.05, 0.1) is 0 Å². The van der Waals surface area contributed by atoms with Crippen LogP contribution in [0.5, 0.6) is 0 Å². The highest BCUT2D eigenvalue weighted by atomic mass is 19.1. The number of benzene rings is 1. The molecule has 4 heteroatoms. The lowest BCUT2D eigenvalue weighted by Crippen LogP contribution is -2.48. The lowest BCUT2D eigenvalue weighted by atomic mass is 10.0. The topological polar surface area (TPSA) is 32.3 Å². The van der Waals surface area contributed by atoms with Gasteiger partial charge in [-0.25, -0.2) is 4.39 Å². The van der Waals surface area contributed by atoms with Crippen molar-refractivity contribution >= 4 is 5.91 Å². The number of carbonyl (C=O) groups excluding carboxylic acids is 1. The molecule has 2 rings (SSSR count). The van der Waals surface area contributed by atoms with Gasteiger partial charge in [0.2, 0.25) is 0 Å². The number of hydrogen-bond donors (Lipinski definition) is 1. The van der Waals surface area contributed by atoms with E-state index in [4.69, 9.17) is 0 Å². The minimum absolute atomic E-state index is 0.0492. The van der Waals surface area contributed by atoms with Gasteiger partial charge < -0.3 is 10.2 Å². The highest BCUT2D eigenvalue weighted by Gasteiger charge is 2.21. The maximum absolute atomic E-state index is 12.7. The molecule has 0 aliphatic carbocycles. The molecule has 0 radical (unpaired) electrons. The van der Waals surface area contributed by atoms with E-state index in [1.807, 2.05) is 0 Å². The Morgan fingerprint density at radius 1 is 1.44 bits per heavy atom. The molecule has 0 spiro atoms. The van der Waals surface area contributed by atoms with Gasteiger partial charge in [-0.3, -0.25) is 4.79 Å². The summed E-state index contributed by atoms with van der Waals surface area (Å²) >= 11 is 0. The van der Waals surface area contributed by atoms with Crippen LogP contribution in [0.2, 0.25) is 0 Å². The molecule has 1 aliphatic rings. The van der Waals surface area contributed by atoms with Crippen LogP contribution in [0, 0.1) is 11.7 Å². The van der Waals surface area contributed by atoms with Gasteiger partial charge in [-0.05, 0) is 24.3 Å². The van der Waals surface area contributed by atoms with Gasteiger partial charge in [-0.1, -0.05) is 0 Å². The number of carbonyl (C=O) groups is 1. The quantitative estimate of drug-likeness (QED) is 0.831. The number of nitrogens with one attached hydrogen (secondary N) is 1. The monoisotopic (exact) mass is 222 g/mol. The van der Waals surface area contributed by atoms with E-state index < -0.39 is 0 Å². The summed E-state index contributed by atoms with van der Waals surface area (Å²) in [6.45, 7) is 2.70. The van der Waals surface area contributed by atoms with Crippen LogP contribution in [0.25, 0.3) is 0 Å². The SMILES string of the molecule is CN(CC1CNC1)C(=O)c1ccc(F)cc1. The van der Waals surface area contributed by atoms with Crippen molar-refractivity contribution in [3.8, 4) is 0 Å². The number of halogens is 1. The molecule has 1 saturated heterocycles. The van der Waals surface area contributed by atoms with Gasteiger partial charge in [0.15, 0.2) is 0 Å². The molecule has 86 valence electrons. The molecule has 3 nitrogen and oxygen atoms in total. The van der Waals surface area contributed by atoms with Crippen LogP contribution in [0.3, 0.4) is 0 Å². The highest BCUT2D eigenvalue weighted by Crippen LogP contribution is 2.09. The van der Waals surface area contributed by atoms with E-state index in [0.717, 1.165) is 19.6 Å². The van der Waals surface area contributed by atoms with Crippen LogP contribution in [0.4, 0.5) is 4.39 Å². The van der Waals surface area contributed by atoms with E-state index in [9.17, 15) is 9.18 Å². The third kappa shape index (κ3) is 2.39. The Bertz CT molecular complexity index is 373. The third-order valence-corrected chi connectivity index (χ3v) is 2.84. The van der Waals surface area contributed by atoms with Crippen LogP contribution >= 0.6 is 0 Å². The first-order valence-electron chi connectivity index (χ1n) is 5.38. The largest absolute Gasteiger partial charge is 0.341 e. The summed E-state index contributed by atoms with van der Waals surface area (Å²) < 4.78 is 12.7. The second-order valence-electron chi connectivity index (χ2n) is 4.22. The highest BCUT2D eigenvalue weighted by molar-refractivity contribution is 5.94. The molecule has 0 unspecified atom stereocenters. The maximum atomic E-state index is 12.7. The molecular weight excluding hydrogens is 207 g/mol. The van der Waals surface area contributed by atoms with Gasteiger partial charge in [-0.2, -0.15) is 0 Å². The Balaban J connectivity index is 1.97. The van der Waals surface area contributed by atoms with E-state index >= 15 is 0 Å². The molecular formula is C12H15FN2O. The molecule has 1 aromatic rings. The third-order valence-electron chi connectivity index (χ3n) is 2.84. The number of hydrogen-bond acceptors (Lipinski definition) is 2. The molecule has 1 fully saturated rings. The van der Waals surface area contributed by atoms with Crippen LogP contribution in [0.15, 0.2) is 24.3 Å². The minimum atomic E-state index is -0.317. The van der Waals surface area contributed by atoms with Crippen LogP contribution in [-0.2, 0) is 0 Å². The Labute approximate surface area is 94.3 Å². The predicted octanol–water partition coefficient (Wildman–Crippen LogP) is 1.12. The van der Waals surface area contributed by atoms with Crippen molar-refractivity contribution in [3.05, 3.63) is 35.6 Å². The fraction of sp³-hybridized carbons (Fsp3) is 0.417. The van der Waals surface area contributed by atoms with Crippen molar-refractivity contribution in [2.45, 2.75) is 0 Å². The molecule has 0 saturated carbocycles. The van der Waals surface area contributed by atoms with Crippen molar-refractivity contribution in [1.29, 1.82) is 0 Å². The summed E-state index contributed by atoms with van der Waals surface area (Å²) in [5.74, 6) is 0.184. The first-order valence-corrected chi connectivity index (χ1v) is 5.38. The van der Waals surface area contributed by atoms with Crippen molar-refractivity contribution in [1.82, 2.24) is 10.2 Å². The van der Waals surface area contributed by atoms with Crippen LogP contribution in [0.1, 0.15) is 10.4 Å². The molecule has 1 aliphatic heterocycles. The summed E-state index contributed by atoms with van der Waals surface area (Å²) in [4.78, 5) is 13.6. The molecule has 16 heavy (non-hydrogen) atoms. The smallest absolute Gasteiger partial charge is 0.253 e. The zero-order valence-electron chi connectivity index (χ0n) is 9.24. The Kier molecular flexibility index (Phi) is 3.19. The molecule has 1 aromatic carbocycles. The average molecular weight is 222 g/mol. The fourth-order valence-corrected chi connectivity index (χ4v) is 1.76. The summed E-state index contributed by atoms with van der Waals surface area (Å²) in [5.41, 5.74) is 0.538. The first-order chi connectivity index (χ1) is 7.66. The van der Waals surface area contributed by atoms with Gasteiger partial charge in [0.1, 0.15) is 5.82 Å². The Hall–Kier alpha value is -1.42. The van der Waals surface area contributed by atoms with E-state index in [1.165, 1.54) is 24.3 Å². The molecule has 0 aromatic heterocycles. The van der Waals surface area contributed by atoms with Crippen LogP contribution in [-0.4, -0.2) is 37.5 Å². The molecule has 1 heterocycles. The number of amides is 1. The van der Waals surface area contributed by atoms with Crippen molar-refractivity contribution in [3.63, 3.8) is 0 Å². The summed E-state index contributed by atoms with van der Waals surface area (Å²) in [6, 6.07) is 5.67. The van der Waals surface area contributed by atoms with E-state index in [2.05, 4.69) is 5.32 Å². The second kappa shape index (κ2) is 4.61. The average Bonchev–Trinajstić information content (AvgIpc) is 2.23. The standard InChI is InChI=1S/C12H15FN2O/c1-15(8-9-6-14-7-9)12(16)10-2-4-11(13)5-3-10/h2-5,9,14H,6-8H2,1H3. The van der Waals surface area contributed by atoms with Gasteiger partial charge in [0.25, 0.3) is 5.91 Å². The lowest BCUT2D eigenvalue weighted by Gasteiger charge is -2.31. The molecule has 0 atom stereocenters. The predicted molar refractivity (Wildman–Crippen MR) is 59.7 cm³/mol. The first kappa shape index (κ1) is 11.1. The normalized spacial score (nSPS) is 15.6. The van der Waals surface area contributed by atoms with E-state index in [0.29, 0.717) is 11.5 Å². The summed E-state index contributed by atoms with van der Waals surface area (Å²) in [5, 5.41) is 3.17.